The van der Waals surface area contributed by atoms with Crippen LogP contribution in [-0.4, -0.2) is 46.4 Å². The quantitative estimate of drug-likeness (QED) is 0.863. The second-order valence-electron chi connectivity index (χ2n) is 5.05. The van der Waals surface area contributed by atoms with Gasteiger partial charge in [0.05, 0.1) is 24.9 Å². The zero-order chi connectivity index (χ0) is 11.7. The van der Waals surface area contributed by atoms with Crippen LogP contribution in [0.4, 0.5) is 0 Å². The Balaban J connectivity index is 1.54. The summed E-state index contributed by atoms with van der Waals surface area (Å²) in [5.41, 5.74) is -0.0290. The summed E-state index contributed by atoms with van der Waals surface area (Å²) < 4.78 is 5.79. The highest BCUT2D eigenvalue weighted by molar-refractivity contribution is 7.09. The third kappa shape index (κ3) is 2.52. The maximum atomic E-state index is 9.57. The summed E-state index contributed by atoms with van der Waals surface area (Å²) >= 11 is 1.72. The van der Waals surface area contributed by atoms with Gasteiger partial charge in [-0.3, -0.25) is 4.90 Å². The lowest BCUT2D eigenvalue weighted by atomic mass is 9.88. The molecule has 5 heteroatoms. The van der Waals surface area contributed by atoms with E-state index < -0.39 is 0 Å². The lowest BCUT2D eigenvalue weighted by Crippen LogP contribution is -2.43. The van der Waals surface area contributed by atoms with E-state index in [1.807, 2.05) is 11.6 Å². The number of rotatable bonds is 2. The SMILES string of the molecule is O[C@H]1COC2(CCN(Cc3nccs3)CC2)C1. The van der Waals surface area contributed by atoms with Crippen molar-refractivity contribution in [3.05, 3.63) is 16.6 Å². The standard InChI is InChI=1S/C12H18N2O2S/c15-10-7-12(16-9-10)1-4-14(5-2-12)8-11-13-3-6-17-11/h3,6,10,15H,1-2,4-5,7-9H2/t10-/m1/s1. The average molecular weight is 254 g/mol. The lowest BCUT2D eigenvalue weighted by molar-refractivity contribution is -0.0456. The first-order valence-corrected chi connectivity index (χ1v) is 7.07. The van der Waals surface area contributed by atoms with E-state index in [4.69, 9.17) is 4.74 Å². The molecule has 0 aromatic carbocycles. The number of aromatic nitrogens is 1. The molecule has 0 aliphatic carbocycles. The molecule has 94 valence electrons. The fourth-order valence-corrected chi connectivity index (χ4v) is 3.47. The zero-order valence-electron chi connectivity index (χ0n) is 9.84. The van der Waals surface area contributed by atoms with Gasteiger partial charge < -0.3 is 9.84 Å². The summed E-state index contributed by atoms with van der Waals surface area (Å²) in [6.45, 7) is 3.57. The number of piperidine rings is 1. The van der Waals surface area contributed by atoms with Crippen LogP contribution in [0.2, 0.25) is 0 Å². The monoisotopic (exact) mass is 254 g/mol. The number of hydrogen-bond acceptors (Lipinski definition) is 5. The molecule has 0 saturated carbocycles. The Bertz CT molecular complexity index is 361. The molecule has 0 bridgehead atoms. The molecule has 2 aliphatic rings. The molecule has 4 nitrogen and oxygen atoms in total. The molecule has 1 aromatic heterocycles. The van der Waals surface area contributed by atoms with Gasteiger partial charge in [0.15, 0.2) is 0 Å². The first kappa shape index (κ1) is 11.6. The van der Waals surface area contributed by atoms with E-state index in [1.165, 1.54) is 5.01 Å². The number of likely N-dealkylation sites (tertiary alicyclic amines) is 1. The third-order valence-electron chi connectivity index (χ3n) is 3.80. The predicted octanol–water partition coefficient (Wildman–Crippen LogP) is 1.26. The van der Waals surface area contributed by atoms with Crippen LogP contribution in [0.15, 0.2) is 11.6 Å². The molecule has 0 radical (unpaired) electrons. The van der Waals surface area contributed by atoms with E-state index in [9.17, 15) is 5.11 Å². The zero-order valence-corrected chi connectivity index (χ0v) is 10.7. The number of ether oxygens (including phenoxy) is 1. The van der Waals surface area contributed by atoms with E-state index in [0.29, 0.717) is 6.61 Å². The van der Waals surface area contributed by atoms with Crippen LogP contribution < -0.4 is 0 Å². The van der Waals surface area contributed by atoms with Crippen molar-refractivity contribution in [1.29, 1.82) is 0 Å². The summed E-state index contributed by atoms with van der Waals surface area (Å²) in [6.07, 6.45) is 4.51. The minimum Gasteiger partial charge on any atom is -0.391 e. The van der Waals surface area contributed by atoms with Gasteiger partial charge in [0.25, 0.3) is 0 Å². The summed E-state index contributed by atoms with van der Waals surface area (Å²) in [5.74, 6) is 0. The van der Waals surface area contributed by atoms with Crippen molar-refractivity contribution >= 4 is 11.3 Å². The Hall–Kier alpha value is -0.490. The van der Waals surface area contributed by atoms with Gasteiger partial charge in [-0.25, -0.2) is 4.98 Å². The van der Waals surface area contributed by atoms with Gasteiger partial charge in [-0.05, 0) is 12.8 Å². The van der Waals surface area contributed by atoms with E-state index in [-0.39, 0.29) is 11.7 Å². The largest absolute Gasteiger partial charge is 0.391 e. The van der Waals surface area contributed by atoms with Crippen LogP contribution in [0.1, 0.15) is 24.3 Å². The first-order valence-electron chi connectivity index (χ1n) is 6.19. The smallest absolute Gasteiger partial charge is 0.107 e. The minimum absolute atomic E-state index is 0.0290. The van der Waals surface area contributed by atoms with E-state index in [1.54, 1.807) is 11.3 Å². The fraction of sp³-hybridized carbons (Fsp3) is 0.750. The molecule has 0 amide bonds. The number of nitrogens with zero attached hydrogens (tertiary/aromatic N) is 2. The second-order valence-corrected chi connectivity index (χ2v) is 6.03. The molecule has 0 unspecified atom stereocenters. The number of aliphatic hydroxyl groups excluding tert-OH is 1. The Morgan fingerprint density at radius 2 is 2.35 bits per heavy atom. The van der Waals surface area contributed by atoms with Gasteiger partial charge in [-0.1, -0.05) is 0 Å². The normalized spacial score (nSPS) is 28.9. The maximum absolute atomic E-state index is 9.57. The van der Waals surface area contributed by atoms with Crippen molar-refractivity contribution in [3.8, 4) is 0 Å². The third-order valence-corrected chi connectivity index (χ3v) is 4.56. The second kappa shape index (κ2) is 4.65. The summed E-state index contributed by atoms with van der Waals surface area (Å²) in [7, 11) is 0. The molecular weight excluding hydrogens is 236 g/mol. The topological polar surface area (TPSA) is 45.6 Å². The molecule has 1 spiro atoms. The van der Waals surface area contributed by atoms with Crippen molar-refractivity contribution in [2.45, 2.75) is 37.5 Å². The van der Waals surface area contributed by atoms with E-state index >= 15 is 0 Å². The number of thiazole rings is 1. The lowest BCUT2D eigenvalue weighted by Gasteiger charge is -2.38. The maximum Gasteiger partial charge on any atom is 0.107 e. The van der Waals surface area contributed by atoms with E-state index in [0.717, 1.165) is 38.9 Å². The highest BCUT2D eigenvalue weighted by atomic mass is 32.1. The van der Waals surface area contributed by atoms with Gasteiger partial charge in [0.1, 0.15) is 5.01 Å². The van der Waals surface area contributed by atoms with Crippen LogP contribution in [0, 0.1) is 0 Å². The molecule has 2 fully saturated rings. The van der Waals surface area contributed by atoms with Crippen molar-refractivity contribution < 1.29 is 9.84 Å². The Kier molecular flexibility index (Phi) is 3.17. The van der Waals surface area contributed by atoms with Crippen LogP contribution >= 0.6 is 11.3 Å². The van der Waals surface area contributed by atoms with Crippen LogP contribution in [0.3, 0.4) is 0 Å². The predicted molar refractivity (Wildman–Crippen MR) is 65.9 cm³/mol. The van der Waals surface area contributed by atoms with Crippen molar-refractivity contribution in [3.63, 3.8) is 0 Å². The molecule has 3 rings (SSSR count). The minimum atomic E-state index is -0.250. The van der Waals surface area contributed by atoms with E-state index in [2.05, 4.69) is 9.88 Å². The molecule has 1 atom stereocenters. The molecule has 17 heavy (non-hydrogen) atoms. The molecule has 2 aliphatic heterocycles. The number of hydrogen-bond donors (Lipinski definition) is 1. The Labute approximate surface area is 105 Å². The highest BCUT2D eigenvalue weighted by Crippen LogP contribution is 2.36. The van der Waals surface area contributed by atoms with Gasteiger partial charge in [0, 0.05) is 31.1 Å². The van der Waals surface area contributed by atoms with Gasteiger partial charge >= 0.3 is 0 Å². The Morgan fingerprint density at radius 3 is 2.94 bits per heavy atom. The summed E-state index contributed by atoms with van der Waals surface area (Å²) in [4.78, 5) is 6.75. The van der Waals surface area contributed by atoms with Crippen LogP contribution in [0.25, 0.3) is 0 Å². The fourth-order valence-electron chi connectivity index (χ4n) is 2.81. The highest BCUT2D eigenvalue weighted by Gasteiger charge is 2.42. The van der Waals surface area contributed by atoms with Crippen LogP contribution in [0.5, 0.6) is 0 Å². The van der Waals surface area contributed by atoms with Crippen molar-refractivity contribution in [1.82, 2.24) is 9.88 Å². The summed E-state index contributed by atoms with van der Waals surface area (Å²) in [6, 6.07) is 0. The molecule has 2 saturated heterocycles. The van der Waals surface area contributed by atoms with Crippen molar-refractivity contribution in [2.24, 2.45) is 0 Å². The molecule has 1 aromatic rings. The van der Waals surface area contributed by atoms with Gasteiger partial charge in [-0.2, -0.15) is 0 Å². The van der Waals surface area contributed by atoms with Gasteiger partial charge in [-0.15, -0.1) is 11.3 Å². The molecular formula is C12H18N2O2S. The first-order chi connectivity index (χ1) is 8.26. The summed E-state index contributed by atoms with van der Waals surface area (Å²) in [5, 5.41) is 12.8. The molecule has 3 heterocycles. The number of aliphatic hydroxyl groups is 1. The van der Waals surface area contributed by atoms with Crippen molar-refractivity contribution in [2.75, 3.05) is 19.7 Å². The van der Waals surface area contributed by atoms with Crippen LogP contribution in [-0.2, 0) is 11.3 Å². The molecule has 1 N–H and O–H groups in total. The Morgan fingerprint density at radius 1 is 1.53 bits per heavy atom. The van der Waals surface area contributed by atoms with Gasteiger partial charge in [0.2, 0.25) is 0 Å². The average Bonchev–Trinajstić information content (AvgIpc) is 2.93.